The van der Waals surface area contributed by atoms with Crippen LogP contribution in [-0.4, -0.2) is 21.3 Å². The molecular formula is C17H21NO3. The van der Waals surface area contributed by atoms with E-state index in [0.29, 0.717) is 6.61 Å². The number of para-hydroxylation sites is 1. The molecule has 0 aliphatic rings. The van der Waals surface area contributed by atoms with Gasteiger partial charge in [0.15, 0.2) is 11.5 Å². The largest absolute Gasteiger partial charge is 0.496 e. The van der Waals surface area contributed by atoms with E-state index in [4.69, 9.17) is 14.2 Å². The van der Waals surface area contributed by atoms with Crippen LogP contribution in [0.1, 0.15) is 11.1 Å². The molecule has 21 heavy (non-hydrogen) atoms. The molecule has 0 bridgehead atoms. The number of methoxy groups -OCH3 is 2. The van der Waals surface area contributed by atoms with Crippen LogP contribution in [0.2, 0.25) is 0 Å². The maximum absolute atomic E-state index is 5.91. The van der Waals surface area contributed by atoms with E-state index in [-0.39, 0.29) is 0 Å². The Balaban J connectivity index is 2.16. The first-order valence-electron chi connectivity index (χ1n) is 6.84. The van der Waals surface area contributed by atoms with Gasteiger partial charge >= 0.3 is 0 Å². The third kappa shape index (κ3) is 3.89. The summed E-state index contributed by atoms with van der Waals surface area (Å²) in [5.41, 5.74) is 2.15. The zero-order valence-electron chi connectivity index (χ0n) is 12.7. The lowest BCUT2D eigenvalue weighted by molar-refractivity contribution is 0.277. The quantitative estimate of drug-likeness (QED) is 0.850. The van der Waals surface area contributed by atoms with Crippen LogP contribution in [0, 0.1) is 0 Å². The molecule has 2 aromatic rings. The average molecular weight is 287 g/mol. The minimum absolute atomic E-state index is 0.434. The third-order valence-electron chi connectivity index (χ3n) is 3.18. The number of nitrogens with one attached hydrogen (secondary N) is 1. The summed E-state index contributed by atoms with van der Waals surface area (Å²) in [5.74, 6) is 2.28. The van der Waals surface area contributed by atoms with Gasteiger partial charge in [-0.25, -0.2) is 0 Å². The number of benzene rings is 2. The van der Waals surface area contributed by atoms with Crippen molar-refractivity contribution in [1.29, 1.82) is 0 Å². The second-order valence-electron chi connectivity index (χ2n) is 4.62. The topological polar surface area (TPSA) is 39.7 Å². The highest BCUT2D eigenvalue weighted by molar-refractivity contribution is 5.43. The lowest BCUT2D eigenvalue weighted by atomic mass is 10.2. The summed E-state index contributed by atoms with van der Waals surface area (Å²) in [4.78, 5) is 0. The van der Waals surface area contributed by atoms with E-state index in [1.165, 1.54) is 0 Å². The second-order valence-corrected chi connectivity index (χ2v) is 4.62. The normalized spacial score (nSPS) is 10.2. The fourth-order valence-corrected chi connectivity index (χ4v) is 2.13. The van der Waals surface area contributed by atoms with Crippen LogP contribution in [0.15, 0.2) is 42.5 Å². The lowest BCUT2D eigenvalue weighted by Crippen LogP contribution is -2.06. The number of hydrogen-bond acceptors (Lipinski definition) is 4. The van der Waals surface area contributed by atoms with Crippen LogP contribution in [-0.2, 0) is 13.2 Å². The van der Waals surface area contributed by atoms with Crippen LogP contribution in [0.4, 0.5) is 0 Å². The van der Waals surface area contributed by atoms with Crippen molar-refractivity contribution in [2.24, 2.45) is 0 Å². The summed E-state index contributed by atoms with van der Waals surface area (Å²) in [6, 6.07) is 13.8. The van der Waals surface area contributed by atoms with E-state index in [1.807, 2.05) is 49.5 Å². The van der Waals surface area contributed by atoms with Crippen molar-refractivity contribution < 1.29 is 14.2 Å². The highest BCUT2D eigenvalue weighted by Crippen LogP contribution is 2.29. The van der Waals surface area contributed by atoms with Gasteiger partial charge in [0.1, 0.15) is 12.4 Å². The van der Waals surface area contributed by atoms with Crippen molar-refractivity contribution in [3.63, 3.8) is 0 Å². The van der Waals surface area contributed by atoms with Crippen molar-refractivity contribution >= 4 is 0 Å². The van der Waals surface area contributed by atoms with Crippen LogP contribution < -0.4 is 19.5 Å². The van der Waals surface area contributed by atoms with Gasteiger partial charge in [-0.1, -0.05) is 24.3 Å². The standard InChI is InChI=1S/C17H21NO3/c1-18-11-13-8-9-16(20-3)17(10-13)21-12-14-6-4-5-7-15(14)19-2/h4-10,18H,11-12H2,1-3H3. The Bertz CT molecular complexity index is 584. The smallest absolute Gasteiger partial charge is 0.161 e. The molecule has 4 nitrogen and oxygen atoms in total. The Morgan fingerprint density at radius 2 is 1.67 bits per heavy atom. The molecule has 0 aliphatic heterocycles. The Labute approximate surface area is 125 Å². The monoisotopic (exact) mass is 287 g/mol. The van der Waals surface area contributed by atoms with Crippen LogP contribution >= 0.6 is 0 Å². The van der Waals surface area contributed by atoms with Gasteiger partial charge in [0.05, 0.1) is 14.2 Å². The molecule has 0 fully saturated rings. The number of rotatable bonds is 7. The fourth-order valence-electron chi connectivity index (χ4n) is 2.13. The molecule has 0 amide bonds. The Hall–Kier alpha value is -2.20. The van der Waals surface area contributed by atoms with Crippen molar-refractivity contribution in [1.82, 2.24) is 5.32 Å². The van der Waals surface area contributed by atoms with Gasteiger partial charge in [-0.2, -0.15) is 0 Å². The minimum atomic E-state index is 0.434. The molecule has 4 heteroatoms. The Morgan fingerprint density at radius 3 is 2.38 bits per heavy atom. The first kappa shape index (κ1) is 15.2. The molecule has 0 spiro atoms. The van der Waals surface area contributed by atoms with Crippen LogP contribution in [0.25, 0.3) is 0 Å². The summed E-state index contributed by atoms with van der Waals surface area (Å²) >= 11 is 0. The van der Waals surface area contributed by atoms with Crippen molar-refractivity contribution in [3.8, 4) is 17.2 Å². The lowest BCUT2D eigenvalue weighted by Gasteiger charge is -2.14. The summed E-state index contributed by atoms with van der Waals surface area (Å²) < 4.78 is 16.6. The molecule has 0 radical (unpaired) electrons. The number of ether oxygens (including phenoxy) is 3. The van der Waals surface area contributed by atoms with Gasteiger partial charge < -0.3 is 19.5 Å². The van der Waals surface area contributed by atoms with Crippen LogP contribution in [0.3, 0.4) is 0 Å². The zero-order chi connectivity index (χ0) is 15.1. The predicted octanol–water partition coefficient (Wildman–Crippen LogP) is 3.00. The van der Waals surface area contributed by atoms with E-state index in [1.54, 1.807) is 14.2 Å². The van der Waals surface area contributed by atoms with E-state index < -0.39 is 0 Å². The van der Waals surface area contributed by atoms with E-state index in [2.05, 4.69) is 5.32 Å². The molecule has 0 aliphatic carbocycles. The van der Waals surface area contributed by atoms with Gasteiger partial charge in [0, 0.05) is 12.1 Å². The molecule has 1 N–H and O–H groups in total. The van der Waals surface area contributed by atoms with Gasteiger partial charge in [0.2, 0.25) is 0 Å². The van der Waals surface area contributed by atoms with E-state index in [0.717, 1.165) is 34.9 Å². The molecule has 0 saturated carbocycles. The predicted molar refractivity (Wildman–Crippen MR) is 83.1 cm³/mol. The first-order valence-corrected chi connectivity index (χ1v) is 6.84. The zero-order valence-corrected chi connectivity index (χ0v) is 12.7. The first-order chi connectivity index (χ1) is 10.3. The highest BCUT2D eigenvalue weighted by Gasteiger charge is 2.08. The average Bonchev–Trinajstić information content (AvgIpc) is 2.53. The van der Waals surface area contributed by atoms with Gasteiger partial charge in [0.25, 0.3) is 0 Å². The Morgan fingerprint density at radius 1 is 0.905 bits per heavy atom. The molecule has 2 rings (SSSR count). The van der Waals surface area contributed by atoms with E-state index in [9.17, 15) is 0 Å². The third-order valence-corrected chi connectivity index (χ3v) is 3.18. The van der Waals surface area contributed by atoms with Gasteiger partial charge in [-0.05, 0) is 30.8 Å². The maximum Gasteiger partial charge on any atom is 0.161 e. The molecule has 0 atom stereocenters. The van der Waals surface area contributed by atoms with Crippen LogP contribution in [0.5, 0.6) is 17.2 Å². The molecule has 0 heterocycles. The molecule has 0 aromatic heterocycles. The Kier molecular flexibility index (Phi) is 5.46. The molecule has 0 unspecified atom stereocenters. The fraction of sp³-hybridized carbons (Fsp3) is 0.294. The molecule has 2 aromatic carbocycles. The molecule has 112 valence electrons. The summed E-state index contributed by atoms with van der Waals surface area (Å²) in [6.07, 6.45) is 0. The summed E-state index contributed by atoms with van der Waals surface area (Å²) in [7, 11) is 5.22. The highest BCUT2D eigenvalue weighted by atomic mass is 16.5. The van der Waals surface area contributed by atoms with Gasteiger partial charge in [-0.15, -0.1) is 0 Å². The SMILES string of the molecule is CNCc1ccc(OC)c(OCc2ccccc2OC)c1. The number of hydrogen-bond donors (Lipinski definition) is 1. The maximum atomic E-state index is 5.91. The van der Waals surface area contributed by atoms with Crippen molar-refractivity contribution in [2.45, 2.75) is 13.2 Å². The molecular weight excluding hydrogens is 266 g/mol. The van der Waals surface area contributed by atoms with Crippen molar-refractivity contribution in [2.75, 3.05) is 21.3 Å². The van der Waals surface area contributed by atoms with Gasteiger partial charge in [-0.3, -0.25) is 0 Å². The molecule has 0 saturated heterocycles. The summed E-state index contributed by atoms with van der Waals surface area (Å²) in [5, 5.41) is 3.12. The minimum Gasteiger partial charge on any atom is -0.496 e. The van der Waals surface area contributed by atoms with E-state index >= 15 is 0 Å². The summed E-state index contributed by atoms with van der Waals surface area (Å²) in [6.45, 7) is 1.22. The second kappa shape index (κ2) is 7.55. The van der Waals surface area contributed by atoms with Crippen molar-refractivity contribution in [3.05, 3.63) is 53.6 Å².